The molecule has 0 spiro atoms. The van der Waals surface area contributed by atoms with E-state index in [0.717, 1.165) is 23.5 Å². The van der Waals surface area contributed by atoms with Crippen molar-refractivity contribution in [1.82, 2.24) is 0 Å². The van der Waals surface area contributed by atoms with Crippen molar-refractivity contribution in [3.05, 3.63) is 35.6 Å². The molecule has 1 nitrogen and oxygen atoms in total. The summed E-state index contributed by atoms with van der Waals surface area (Å²) in [6.07, 6.45) is 18.0. The van der Waals surface area contributed by atoms with Gasteiger partial charge in [0, 0.05) is 5.92 Å². The average Bonchev–Trinajstić information content (AvgIpc) is 2.88. The molecule has 2 fully saturated rings. The van der Waals surface area contributed by atoms with E-state index in [2.05, 4.69) is 31.2 Å². The van der Waals surface area contributed by atoms with Gasteiger partial charge in [0.2, 0.25) is 0 Å². The molecule has 0 radical (unpaired) electrons. The van der Waals surface area contributed by atoms with Crippen LogP contribution in [0.5, 0.6) is 0 Å². The predicted octanol–water partition coefficient (Wildman–Crippen LogP) is 4.87. The Morgan fingerprint density at radius 3 is 2.95 bits per heavy atom. The first kappa shape index (κ1) is 12.7. The molecule has 5 atom stereocenters. The lowest BCUT2D eigenvalue weighted by Gasteiger charge is -2.50. The predicted molar refractivity (Wildman–Crippen MR) is 82.1 cm³/mol. The minimum Gasteiger partial charge on any atom is -0.497 e. The fourth-order valence-electron chi connectivity index (χ4n) is 5.70. The average molecular weight is 270 g/mol. The highest BCUT2D eigenvalue weighted by molar-refractivity contribution is 5.39. The highest BCUT2D eigenvalue weighted by Crippen LogP contribution is 2.60. The van der Waals surface area contributed by atoms with E-state index in [1.54, 1.807) is 7.11 Å². The van der Waals surface area contributed by atoms with E-state index >= 15 is 0 Å². The van der Waals surface area contributed by atoms with E-state index in [9.17, 15) is 0 Å². The lowest BCUT2D eigenvalue weighted by atomic mass is 9.54. The third kappa shape index (κ3) is 1.75. The molecule has 4 aliphatic rings. The van der Waals surface area contributed by atoms with Crippen LogP contribution in [-0.4, -0.2) is 7.11 Å². The summed E-state index contributed by atoms with van der Waals surface area (Å²) in [5.74, 6) is 4.50. The lowest BCUT2D eigenvalue weighted by Crippen LogP contribution is -2.42. The second-order valence-electron chi connectivity index (χ2n) is 7.59. The normalized spacial score (nSPS) is 45.9. The summed E-state index contributed by atoms with van der Waals surface area (Å²) in [5, 5.41) is 0. The summed E-state index contributed by atoms with van der Waals surface area (Å²) in [6.45, 7) is 2.57. The molecule has 0 heterocycles. The fraction of sp³-hybridized carbons (Fsp3) is 0.684. The van der Waals surface area contributed by atoms with Gasteiger partial charge < -0.3 is 4.74 Å². The van der Waals surface area contributed by atoms with Gasteiger partial charge in [0.25, 0.3) is 0 Å². The number of hydrogen-bond donors (Lipinski definition) is 0. The summed E-state index contributed by atoms with van der Waals surface area (Å²) in [4.78, 5) is 0. The summed E-state index contributed by atoms with van der Waals surface area (Å²) in [5.41, 5.74) is 2.19. The number of rotatable bonds is 1. The van der Waals surface area contributed by atoms with Crippen molar-refractivity contribution in [3.63, 3.8) is 0 Å². The molecule has 0 saturated heterocycles. The summed E-state index contributed by atoms with van der Waals surface area (Å²) in [6, 6.07) is 0. The molecule has 108 valence electrons. The van der Waals surface area contributed by atoms with Gasteiger partial charge in [-0.25, -0.2) is 0 Å². The fourth-order valence-corrected chi connectivity index (χ4v) is 5.70. The maximum atomic E-state index is 5.40. The van der Waals surface area contributed by atoms with E-state index < -0.39 is 0 Å². The SMILES string of the molecule is COC1=CC2=CC[C@@H]3[C@H](CC[C@]4(C)CCC[C@@H]34)[C@H]2C=C1. The highest BCUT2D eigenvalue weighted by atomic mass is 16.5. The molecule has 2 saturated carbocycles. The van der Waals surface area contributed by atoms with Crippen molar-refractivity contribution in [3.8, 4) is 0 Å². The standard InChI is InChI=1S/C19H26O/c1-19-10-3-4-18(19)17-7-5-13-12-14(20-2)6-8-15(13)16(17)9-11-19/h5-6,8,12,15-18H,3-4,7,9-11H2,1-2H3/t15-,16+,17+,18-,19-/m0/s1. The van der Waals surface area contributed by atoms with Gasteiger partial charge in [0.05, 0.1) is 7.11 Å². The highest BCUT2D eigenvalue weighted by Gasteiger charge is 2.51. The number of hydrogen-bond acceptors (Lipinski definition) is 1. The van der Waals surface area contributed by atoms with Gasteiger partial charge in [0.1, 0.15) is 5.76 Å². The van der Waals surface area contributed by atoms with Gasteiger partial charge in [-0.2, -0.15) is 0 Å². The molecule has 1 heteroatoms. The lowest BCUT2D eigenvalue weighted by molar-refractivity contribution is 0.0244. The van der Waals surface area contributed by atoms with Gasteiger partial charge in [-0.15, -0.1) is 0 Å². The van der Waals surface area contributed by atoms with Crippen molar-refractivity contribution >= 4 is 0 Å². The number of ether oxygens (including phenoxy) is 1. The minimum absolute atomic E-state index is 0.665. The zero-order valence-corrected chi connectivity index (χ0v) is 12.8. The smallest absolute Gasteiger partial charge is 0.118 e. The van der Waals surface area contributed by atoms with E-state index in [1.165, 1.54) is 44.1 Å². The molecular formula is C19H26O. The van der Waals surface area contributed by atoms with Crippen LogP contribution >= 0.6 is 0 Å². The van der Waals surface area contributed by atoms with E-state index in [4.69, 9.17) is 4.74 Å². The quantitative estimate of drug-likeness (QED) is 0.661. The minimum atomic E-state index is 0.665. The molecule has 20 heavy (non-hydrogen) atoms. The molecule has 0 aromatic carbocycles. The van der Waals surface area contributed by atoms with Gasteiger partial charge in [-0.1, -0.05) is 25.5 Å². The Kier molecular flexibility index (Phi) is 2.87. The van der Waals surface area contributed by atoms with Crippen LogP contribution < -0.4 is 0 Å². The van der Waals surface area contributed by atoms with Crippen LogP contribution in [0.25, 0.3) is 0 Å². The molecule has 4 aliphatic carbocycles. The van der Waals surface area contributed by atoms with Crippen LogP contribution in [0, 0.1) is 29.1 Å². The van der Waals surface area contributed by atoms with Crippen molar-refractivity contribution in [2.75, 3.05) is 7.11 Å². The van der Waals surface area contributed by atoms with Crippen molar-refractivity contribution in [2.24, 2.45) is 29.1 Å². The second kappa shape index (κ2) is 4.51. The molecule has 4 rings (SSSR count). The molecule has 0 unspecified atom stereocenters. The van der Waals surface area contributed by atoms with Crippen LogP contribution in [0.1, 0.15) is 45.4 Å². The first-order chi connectivity index (χ1) is 9.71. The van der Waals surface area contributed by atoms with Crippen LogP contribution in [-0.2, 0) is 4.74 Å². The molecule has 0 N–H and O–H groups in total. The van der Waals surface area contributed by atoms with E-state index in [-0.39, 0.29) is 0 Å². The second-order valence-corrected chi connectivity index (χ2v) is 7.59. The summed E-state index contributed by atoms with van der Waals surface area (Å²) in [7, 11) is 1.77. The number of allylic oxidation sites excluding steroid dienone is 5. The third-order valence-electron chi connectivity index (χ3n) is 6.76. The van der Waals surface area contributed by atoms with Gasteiger partial charge >= 0.3 is 0 Å². The Morgan fingerprint density at radius 1 is 1.20 bits per heavy atom. The van der Waals surface area contributed by atoms with Gasteiger partial charge in [-0.3, -0.25) is 0 Å². The van der Waals surface area contributed by atoms with Crippen molar-refractivity contribution in [1.29, 1.82) is 0 Å². The zero-order valence-electron chi connectivity index (χ0n) is 12.8. The number of methoxy groups -OCH3 is 1. The van der Waals surface area contributed by atoms with Crippen LogP contribution in [0.2, 0.25) is 0 Å². The largest absolute Gasteiger partial charge is 0.497 e. The van der Waals surface area contributed by atoms with Crippen LogP contribution in [0.4, 0.5) is 0 Å². The topological polar surface area (TPSA) is 9.23 Å². The Labute approximate surface area is 122 Å². The van der Waals surface area contributed by atoms with Gasteiger partial charge in [-0.05, 0) is 73.0 Å². The molecular weight excluding hydrogens is 244 g/mol. The Morgan fingerprint density at radius 2 is 2.10 bits per heavy atom. The third-order valence-corrected chi connectivity index (χ3v) is 6.76. The molecule has 0 aliphatic heterocycles. The Bertz CT molecular complexity index is 498. The van der Waals surface area contributed by atoms with Crippen molar-refractivity contribution < 1.29 is 4.74 Å². The molecule has 0 bridgehead atoms. The number of fused-ring (bicyclic) bond motifs is 5. The first-order valence-corrected chi connectivity index (χ1v) is 8.35. The monoisotopic (exact) mass is 270 g/mol. The Balaban J connectivity index is 1.65. The maximum absolute atomic E-state index is 5.40. The first-order valence-electron chi connectivity index (χ1n) is 8.35. The van der Waals surface area contributed by atoms with E-state index in [1.807, 2.05) is 0 Å². The Hall–Kier alpha value is -0.980. The van der Waals surface area contributed by atoms with Crippen molar-refractivity contribution in [2.45, 2.75) is 45.4 Å². The molecule has 0 aromatic rings. The van der Waals surface area contributed by atoms with Crippen LogP contribution in [0.15, 0.2) is 35.6 Å². The molecule has 0 amide bonds. The summed E-state index contributed by atoms with van der Waals surface area (Å²) >= 11 is 0. The van der Waals surface area contributed by atoms with E-state index in [0.29, 0.717) is 11.3 Å². The molecule has 0 aromatic heterocycles. The maximum Gasteiger partial charge on any atom is 0.118 e. The summed E-state index contributed by atoms with van der Waals surface area (Å²) < 4.78 is 5.40. The van der Waals surface area contributed by atoms with Crippen LogP contribution in [0.3, 0.4) is 0 Å². The van der Waals surface area contributed by atoms with Gasteiger partial charge in [0.15, 0.2) is 0 Å². The zero-order chi connectivity index (χ0) is 13.7.